The molecule has 1 aromatic heterocycles. The van der Waals surface area contributed by atoms with E-state index in [9.17, 15) is 4.79 Å². The fraction of sp³-hybridized carbons (Fsp3) is 0.143. The van der Waals surface area contributed by atoms with Crippen molar-refractivity contribution >= 4 is 17.4 Å². The smallest absolute Gasteiger partial charge is 0.179 e. The third-order valence-corrected chi connectivity index (χ3v) is 1.55. The van der Waals surface area contributed by atoms with Crippen LogP contribution in [0.1, 0.15) is 10.4 Å². The van der Waals surface area contributed by atoms with Crippen LogP contribution in [0, 0.1) is 0 Å². The van der Waals surface area contributed by atoms with Gasteiger partial charge in [0.15, 0.2) is 5.78 Å². The predicted molar refractivity (Wildman–Crippen MR) is 42.6 cm³/mol. The van der Waals surface area contributed by atoms with Gasteiger partial charge in [0.25, 0.3) is 0 Å². The number of carbonyl (C=O) groups excluding carboxylic acids is 1. The molecule has 0 radical (unpaired) electrons. The quantitative estimate of drug-likeness (QED) is 0.530. The first-order valence-electron chi connectivity index (χ1n) is 3.09. The van der Waals surface area contributed by atoms with E-state index in [-0.39, 0.29) is 17.5 Å². The molecule has 0 saturated carbocycles. The van der Waals surface area contributed by atoms with E-state index >= 15 is 0 Å². The Morgan fingerprint density at radius 1 is 1.73 bits per heavy atom. The van der Waals surface area contributed by atoms with E-state index in [1.54, 1.807) is 12.1 Å². The van der Waals surface area contributed by atoms with Gasteiger partial charge in [0.05, 0.1) is 12.1 Å². The number of nitrogens with two attached hydrogens (primary N) is 1. The number of hydrogen-bond acceptors (Lipinski definition) is 3. The van der Waals surface area contributed by atoms with Gasteiger partial charge < -0.3 is 5.73 Å². The summed E-state index contributed by atoms with van der Waals surface area (Å²) in [4.78, 5) is 14.7. The summed E-state index contributed by atoms with van der Waals surface area (Å²) >= 11 is 5.61. The van der Waals surface area contributed by atoms with Crippen LogP contribution in [-0.4, -0.2) is 17.3 Å². The molecule has 0 unspecified atom stereocenters. The van der Waals surface area contributed by atoms with Crippen molar-refractivity contribution in [3.05, 3.63) is 29.0 Å². The molecule has 0 aromatic carbocycles. The SMILES string of the molecule is NCC(=O)c1cccnc1Cl. The molecule has 0 saturated heterocycles. The summed E-state index contributed by atoms with van der Waals surface area (Å²) in [5.41, 5.74) is 5.52. The number of aromatic nitrogens is 1. The van der Waals surface area contributed by atoms with E-state index in [4.69, 9.17) is 17.3 Å². The molecule has 1 heterocycles. The van der Waals surface area contributed by atoms with Crippen LogP contribution in [0.4, 0.5) is 0 Å². The Kier molecular flexibility index (Phi) is 2.57. The van der Waals surface area contributed by atoms with Gasteiger partial charge in [0.1, 0.15) is 5.15 Å². The normalized spacial score (nSPS) is 9.64. The minimum Gasteiger partial charge on any atom is -0.324 e. The average molecular weight is 171 g/mol. The molecule has 1 rings (SSSR count). The van der Waals surface area contributed by atoms with E-state index in [1.807, 2.05) is 0 Å². The summed E-state index contributed by atoms with van der Waals surface area (Å²) in [6.45, 7) is -0.0363. The second-order valence-corrected chi connectivity index (χ2v) is 2.33. The first-order valence-corrected chi connectivity index (χ1v) is 3.47. The molecule has 0 bridgehead atoms. The zero-order valence-corrected chi connectivity index (χ0v) is 6.51. The van der Waals surface area contributed by atoms with Gasteiger partial charge >= 0.3 is 0 Å². The lowest BCUT2D eigenvalue weighted by molar-refractivity contribution is 0.100. The number of halogens is 1. The molecule has 2 N–H and O–H groups in total. The predicted octanol–water partition coefficient (Wildman–Crippen LogP) is 0.876. The van der Waals surface area contributed by atoms with Crippen LogP contribution in [-0.2, 0) is 0 Å². The van der Waals surface area contributed by atoms with Crippen molar-refractivity contribution in [1.82, 2.24) is 4.98 Å². The van der Waals surface area contributed by atoms with Gasteiger partial charge in [-0.1, -0.05) is 11.6 Å². The molecule has 0 amide bonds. The largest absolute Gasteiger partial charge is 0.324 e. The molecule has 0 aliphatic carbocycles. The summed E-state index contributed by atoms with van der Waals surface area (Å²) in [5, 5.41) is 0.211. The van der Waals surface area contributed by atoms with Crippen LogP contribution in [0.5, 0.6) is 0 Å². The van der Waals surface area contributed by atoms with Crippen LogP contribution in [0.15, 0.2) is 18.3 Å². The summed E-state index contributed by atoms with van der Waals surface area (Å²) < 4.78 is 0. The standard InChI is InChI=1S/C7H7ClN2O/c8-7-5(6(11)4-9)2-1-3-10-7/h1-3H,4,9H2. The van der Waals surface area contributed by atoms with Gasteiger partial charge in [-0.3, -0.25) is 4.79 Å². The Balaban J connectivity index is 3.03. The van der Waals surface area contributed by atoms with Gasteiger partial charge in [0, 0.05) is 6.20 Å². The van der Waals surface area contributed by atoms with Crippen molar-refractivity contribution in [2.45, 2.75) is 0 Å². The topological polar surface area (TPSA) is 56.0 Å². The van der Waals surface area contributed by atoms with E-state index in [0.717, 1.165) is 0 Å². The van der Waals surface area contributed by atoms with Gasteiger partial charge in [-0.2, -0.15) is 0 Å². The minimum absolute atomic E-state index is 0.0363. The number of pyridine rings is 1. The van der Waals surface area contributed by atoms with Gasteiger partial charge in [0.2, 0.25) is 0 Å². The fourth-order valence-electron chi connectivity index (χ4n) is 0.704. The fourth-order valence-corrected chi connectivity index (χ4v) is 0.929. The number of ketones is 1. The Hall–Kier alpha value is -0.930. The third-order valence-electron chi connectivity index (χ3n) is 1.24. The molecular weight excluding hydrogens is 164 g/mol. The molecule has 3 nitrogen and oxygen atoms in total. The van der Waals surface area contributed by atoms with E-state index in [0.29, 0.717) is 5.56 Å². The van der Waals surface area contributed by atoms with Gasteiger partial charge in [-0.25, -0.2) is 4.98 Å². The average Bonchev–Trinajstić information content (AvgIpc) is 2.04. The highest BCUT2D eigenvalue weighted by Gasteiger charge is 2.07. The zero-order valence-electron chi connectivity index (χ0n) is 5.75. The maximum Gasteiger partial charge on any atom is 0.179 e. The molecule has 1 aromatic rings. The van der Waals surface area contributed by atoms with Crippen LogP contribution in [0.2, 0.25) is 5.15 Å². The molecule has 0 aliphatic rings. The molecule has 0 spiro atoms. The van der Waals surface area contributed by atoms with Crippen molar-refractivity contribution in [2.24, 2.45) is 5.73 Å². The molecular formula is C7H7ClN2O. The van der Waals surface area contributed by atoms with Crippen molar-refractivity contribution in [2.75, 3.05) is 6.54 Å². The Bertz CT molecular complexity index is 275. The highest BCUT2D eigenvalue weighted by molar-refractivity contribution is 6.32. The Morgan fingerprint density at radius 3 is 3.00 bits per heavy atom. The lowest BCUT2D eigenvalue weighted by atomic mass is 10.2. The first kappa shape index (κ1) is 8.17. The Labute approximate surface area is 69.2 Å². The maximum absolute atomic E-state index is 11.0. The highest BCUT2D eigenvalue weighted by atomic mass is 35.5. The van der Waals surface area contributed by atoms with Gasteiger partial charge in [-0.15, -0.1) is 0 Å². The van der Waals surface area contributed by atoms with Crippen LogP contribution >= 0.6 is 11.6 Å². The van der Waals surface area contributed by atoms with E-state index in [1.165, 1.54) is 6.20 Å². The summed E-state index contributed by atoms with van der Waals surface area (Å²) in [6, 6.07) is 3.25. The summed E-state index contributed by atoms with van der Waals surface area (Å²) in [7, 11) is 0. The number of nitrogens with zero attached hydrogens (tertiary/aromatic N) is 1. The second-order valence-electron chi connectivity index (χ2n) is 1.97. The van der Waals surface area contributed by atoms with Crippen molar-refractivity contribution in [3.8, 4) is 0 Å². The molecule has 0 aliphatic heterocycles. The molecule has 4 heteroatoms. The van der Waals surface area contributed by atoms with Crippen molar-refractivity contribution in [1.29, 1.82) is 0 Å². The molecule has 0 atom stereocenters. The number of hydrogen-bond donors (Lipinski definition) is 1. The van der Waals surface area contributed by atoms with Crippen molar-refractivity contribution < 1.29 is 4.79 Å². The highest BCUT2D eigenvalue weighted by Crippen LogP contribution is 2.10. The second kappa shape index (κ2) is 3.46. The number of rotatable bonds is 2. The van der Waals surface area contributed by atoms with Crippen molar-refractivity contribution in [3.63, 3.8) is 0 Å². The van der Waals surface area contributed by atoms with Crippen LogP contribution in [0.3, 0.4) is 0 Å². The Morgan fingerprint density at radius 2 is 2.45 bits per heavy atom. The van der Waals surface area contributed by atoms with Gasteiger partial charge in [-0.05, 0) is 12.1 Å². The van der Waals surface area contributed by atoms with E-state index < -0.39 is 0 Å². The monoisotopic (exact) mass is 170 g/mol. The molecule has 0 fully saturated rings. The minimum atomic E-state index is -0.192. The molecule has 58 valence electrons. The van der Waals surface area contributed by atoms with Crippen LogP contribution < -0.4 is 5.73 Å². The van der Waals surface area contributed by atoms with Crippen LogP contribution in [0.25, 0.3) is 0 Å². The summed E-state index contributed by atoms with van der Waals surface area (Å²) in [6.07, 6.45) is 1.52. The number of carbonyl (C=O) groups is 1. The maximum atomic E-state index is 11.0. The number of Topliss-reactive ketones (excluding diaryl/α,β-unsaturated/α-hetero) is 1. The lowest BCUT2D eigenvalue weighted by Crippen LogP contribution is -2.14. The summed E-state index contributed by atoms with van der Waals surface area (Å²) in [5.74, 6) is -0.192. The first-order chi connectivity index (χ1) is 5.25. The lowest BCUT2D eigenvalue weighted by Gasteiger charge is -1.97. The van der Waals surface area contributed by atoms with E-state index in [2.05, 4.69) is 4.98 Å². The zero-order chi connectivity index (χ0) is 8.27. The molecule has 11 heavy (non-hydrogen) atoms. The third kappa shape index (κ3) is 1.76.